The van der Waals surface area contributed by atoms with E-state index in [1.165, 1.54) is 4.90 Å². The molecule has 1 aromatic rings. The highest BCUT2D eigenvalue weighted by Gasteiger charge is 2.30. The number of hydrogen-bond donors (Lipinski definition) is 0. The minimum absolute atomic E-state index is 0.115. The van der Waals surface area contributed by atoms with Gasteiger partial charge in [-0.2, -0.15) is 0 Å². The van der Waals surface area contributed by atoms with Crippen LogP contribution in [0.3, 0.4) is 0 Å². The number of nitrogens with zero attached hydrogens (tertiary/aromatic N) is 4. The zero-order chi connectivity index (χ0) is 16.4. The first-order valence-corrected chi connectivity index (χ1v) is 8.07. The topological polar surface area (TPSA) is 75.6 Å². The molecule has 2 fully saturated rings. The molecule has 1 aromatic heterocycles. The molecule has 23 heavy (non-hydrogen) atoms. The summed E-state index contributed by atoms with van der Waals surface area (Å²) in [7, 11) is 0. The standard InChI is InChI=1S/C16H22N4O3/c1-11-10-20(16(22)23-11)15-9-17-14(8-18-15)7-13-3-5-19(6-4-13)12(2)21/h8-9,11,13H,3-7,10H2,1-2H3/t11-/m1/s1. The number of rotatable bonds is 3. The number of aromatic nitrogens is 2. The summed E-state index contributed by atoms with van der Waals surface area (Å²) in [6.07, 6.45) is 5.76. The molecule has 0 N–H and O–H groups in total. The number of piperidine rings is 1. The summed E-state index contributed by atoms with van der Waals surface area (Å²) in [5, 5.41) is 0. The fourth-order valence-corrected chi connectivity index (χ4v) is 3.13. The average molecular weight is 318 g/mol. The van der Waals surface area contributed by atoms with Gasteiger partial charge in [-0.1, -0.05) is 0 Å². The van der Waals surface area contributed by atoms with Crippen LogP contribution in [0.4, 0.5) is 10.6 Å². The molecule has 0 aromatic carbocycles. The largest absolute Gasteiger partial charge is 0.444 e. The quantitative estimate of drug-likeness (QED) is 0.846. The lowest BCUT2D eigenvalue weighted by Gasteiger charge is -2.31. The summed E-state index contributed by atoms with van der Waals surface area (Å²) in [6, 6.07) is 0. The molecule has 0 aliphatic carbocycles. The van der Waals surface area contributed by atoms with Gasteiger partial charge in [-0.3, -0.25) is 14.7 Å². The summed E-state index contributed by atoms with van der Waals surface area (Å²) >= 11 is 0. The fourth-order valence-electron chi connectivity index (χ4n) is 3.13. The molecule has 2 aliphatic heterocycles. The Morgan fingerprint density at radius 3 is 2.57 bits per heavy atom. The summed E-state index contributed by atoms with van der Waals surface area (Å²) < 4.78 is 5.10. The maximum absolute atomic E-state index is 11.7. The van der Waals surface area contributed by atoms with Crippen molar-refractivity contribution in [3.63, 3.8) is 0 Å². The predicted molar refractivity (Wildman–Crippen MR) is 84.0 cm³/mol. The zero-order valence-corrected chi connectivity index (χ0v) is 13.6. The van der Waals surface area contributed by atoms with Gasteiger partial charge in [0.05, 0.1) is 24.6 Å². The van der Waals surface area contributed by atoms with E-state index in [1.807, 2.05) is 11.8 Å². The number of hydrogen-bond acceptors (Lipinski definition) is 5. The molecule has 0 bridgehead atoms. The van der Waals surface area contributed by atoms with Crippen molar-refractivity contribution in [2.45, 2.75) is 39.2 Å². The third kappa shape index (κ3) is 3.60. The molecular weight excluding hydrogens is 296 g/mol. The Morgan fingerprint density at radius 1 is 1.30 bits per heavy atom. The Balaban J connectivity index is 1.56. The number of ether oxygens (including phenoxy) is 1. The lowest BCUT2D eigenvalue weighted by Crippen LogP contribution is -2.37. The molecule has 3 heterocycles. The summed E-state index contributed by atoms with van der Waals surface area (Å²) in [6.45, 7) is 5.63. The van der Waals surface area contributed by atoms with Crippen LogP contribution in [0, 0.1) is 5.92 Å². The minimum atomic E-state index is -0.365. The van der Waals surface area contributed by atoms with Crippen molar-refractivity contribution >= 4 is 17.8 Å². The first kappa shape index (κ1) is 15.7. The monoisotopic (exact) mass is 318 g/mol. The number of amides is 2. The summed E-state index contributed by atoms with van der Waals surface area (Å²) in [4.78, 5) is 35.2. The van der Waals surface area contributed by atoms with E-state index in [-0.39, 0.29) is 18.1 Å². The highest BCUT2D eigenvalue weighted by molar-refractivity contribution is 5.88. The van der Waals surface area contributed by atoms with Gasteiger partial charge in [0.2, 0.25) is 5.91 Å². The van der Waals surface area contributed by atoms with E-state index in [9.17, 15) is 9.59 Å². The van der Waals surface area contributed by atoms with Gasteiger partial charge in [0.1, 0.15) is 6.10 Å². The molecular formula is C16H22N4O3. The minimum Gasteiger partial charge on any atom is -0.444 e. The SMILES string of the molecule is CC(=O)N1CCC(Cc2cnc(N3C[C@@H](C)OC3=O)cn2)CC1. The highest BCUT2D eigenvalue weighted by atomic mass is 16.6. The van der Waals surface area contributed by atoms with Crippen LogP contribution in [-0.4, -0.2) is 52.6 Å². The Labute approximate surface area is 135 Å². The van der Waals surface area contributed by atoms with Crippen molar-refractivity contribution in [3.8, 4) is 0 Å². The Hall–Kier alpha value is -2.18. The molecule has 2 aliphatic rings. The molecule has 1 atom stereocenters. The molecule has 3 rings (SSSR count). The van der Waals surface area contributed by atoms with E-state index >= 15 is 0 Å². The number of cyclic esters (lactones) is 1. The van der Waals surface area contributed by atoms with Crippen molar-refractivity contribution in [1.29, 1.82) is 0 Å². The van der Waals surface area contributed by atoms with Crippen LogP contribution in [0.15, 0.2) is 12.4 Å². The van der Waals surface area contributed by atoms with Crippen LogP contribution in [-0.2, 0) is 16.0 Å². The molecule has 2 saturated heterocycles. The third-order valence-electron chi connectivity index (χ3n) is 4.49. The predicted octanol–water partition coefficient (Wildman–Crippen LogP) is 1.62. The normalized spacial score (nSPS) is 22.3. The van der Waals surface area contributed by atoms with Crippen molar-refractivity contribution in [1.82, 2.24) is 14.9 Å². The van der Waals surface area contributed by atoms with Crippen molar-refractivity contribution in [2.24, 2.45) is 5.92 Å². The van der Waals surface area contributed by atoms with Crippen LogP contribution < -0.4 is 4.90 Å². The fraction of sp³-hybridized carbons (Fsp3) is 0.625. The second kappa shape index (κ2) is 6.52. The van der Waals surface area contributed by atoms with Crippen LogP contribution in [0.25, 0.3) is 0 Å². The van der Waals surface area contributed by atoms with Gasteiger partial charge in [0, 0.05) is 20.0 Å². The first-order chi connectivity index (χ1) is 11.0. The molecule has 0 spiro atoms. The average Bonchev–Trinajstić information content (AvgIpc) is 2.87. The van der Waals surface area contributed by atoms with Gasteiger partial charge in [0.15, 0.2) is 5.82 Å². The third-order valence-corrected chi connectivity index (χ3v) is 4.49. The maximum Gasteiger partial charge on any atom is 0.415 e. The summed E-state index contributed by atoms with van der Waals surface area (Å²) in [5.74, 6) is 1.22. The highest BCUT2D eigenvalue weighted by Crippen LogP contribution is 2.22. The Bertz CT molecular complexity index is 581. The summed E-state index contributed by atoms with van der Waals surface area (Å²) in [5.41, 5.74) is 0.927. The van der Waals surface area contributed by atoms with Gasteiger partial charge in [-0.05, 0) is 32.1 Å². The van der Waals surface area contributed by atoms with E-state index in [0.29, 0.717) is 18.3 Å². The zero-order valence-electron chi connectivity index (χ0n) is 13.6. The van der Waals surface area contributed by atoms with Crippen LogP contribution >= 0.6 is 0 Å². The first-order valence-electron chi connectivity index (χ1n) is 8.07. The molecule has 0 saturated carbocycles. The van der Waals surface area contributed by atoms with Crippen molar-refractivity contribution in [3.05, 3.63) is 18.1 Å². The number of anilines is 1. The molecule has 0 unspecified atom stereocenters. The molecule has 124 valence electrons. The second-order valence-corrected chi connectivity index (χ2v) is 6.32. The van der Waals surface area contributed by atoms with E-state index in [2.05, 4.69) is 9.97 Å². The van der Waals surface area contributed by atoms with E-state index < -0.39 is 0 Å². The van der Waals surface area contributed by atoms with E-state index in [0.717, 1.165) is 38.0 Å². The molecule has 0 radical (unpaired) electrons. The number of likely N-dealkylation sites (tertiary alicyclic amines) is 1. The van der Waals surface area contributed by atoms with Gasteiger partial charge in [0.25, 0.3) is 0 Å². The van der Waals surface area contributed by atoms with Crippen LogP contribution in [0.2, 0.25) is 0 Å². The number of carbonyl (C=O) groups excluding carboxylic acids is 2. The Morgan fingerprint density at radius 2 is 2.04 bits per heavy atom. The lowest BCUT2D eigenvalue weighted by atomic mass is 9.92. The lowest BCUT2D eigenvalue weighted by molar-refractivity contribution is -0.130. The number of carbonyl (C=O) groups is 2. The van der Waals surface area contributed by atoms with Crippen LogP contribution in [0.5, 0.6) is 0 Å². The smallest absolute Gasteiger partial charge is 0.415 e. The van der Waals surface area contributed by atoms with E-state index in [4.69, 9.17) is 4.74 Å². The van der Waals surface area contributed by atoms with Gasteiger partial charge in [-0.15, -0.1) is 0 Å². The molecule has 7 heteroatoms. The van der Waals surface area contributed by atoms with E-state index in [1.54, 1.807) is 19.3 Å². The van der Waals surface area contributed by atoms with Crippen molar-refractivity contribution in [2.75, 3.05) is 24.5 Å². The molecule has 2 amide bonds. The van der Waals surface area contributed by atoms with Gasteiger partial charge in [-0.25, -0.2) is 9.78 Å². The second-order valence-electron chi connectivity index (χ2n) is 6.32. The maximum atomic E-state index is 11.7. The van der Waals surface area contributed by atoms with Crippen LogP contribution in [0.1, 0.15) is 32.4 Å². The van der Waals surface area contributed by atoms with Gasteiger partial charge >= 0.3 is 6.09 Å². The van der Waals surface area contributed by atoms with Gasteiger partial charge < -0.3 is 9.64 Å². The van der Waals surface area contributed by atoms with Crippen molar-refractivity contribution < 1.29 is 14.3 Å². The molecule has 7 nitrogen and oxygen atoms in total. The Kier molecular flexibility index (Phi) is 4.45.